The summed E-state index contributed by atoms with van der Waals surface area (Å²) in [5, 5.41) is 9.07. The zero-order valence-corrected chi connectivity index (χ0v) is 18.4. The predicted molar refractivity (Wildman–Crippen MR) is 122 cm³/mol. The minimum absolute atomic E-state index is 0.0563. The van der Waals surface area contributed by atoms with E-state index in [-0.39, 0.29) is 29.3 Å². The highest BCUT2D eigenvalue weighted by Crippen LogP contribution is 2.57. The van der Waals surface area contributed by atoms with E-state index in [1.54, 1.807) is 0 Å². The number of benzene rings is 2. The molecule has 3 aromatic rings. The lowest BCUT2D eigenvalue weighted by Gasteiger charge is -2.19. The SMILES string of the molecule is CC(CCCO)C(=O)c1ccc2c(c1)N(c1ncc(-c3cccc(F)c3F)cn1)CC21CC1. The van der Waals surface area contributed by atoms with E-state index in [4.69, 9.17) is 5.11 Å². The highest BCUT2D eigenvalue weighted by Gasteiger charge is 2.52. The fourth-order valence-corrected chi connectivity index (χ4v) is 4.73. The van der Waals surface area contributed by atoms with Crippen LogP contribution in [0.3, 0.4) is 0 Å². The molecule has 2 aromatic carbocycles. The standard InChI is InChI=1S/C26H25F2N3O2/c1-16(4-3-11-32)24(33)17-7-8-20-22(12-17)31(15-26(20)9-10-26)25-29-13-18(14-30-25)19-5-2-6-21(27)23(19)28/h2,5-8,12-14,16,32H,3-4,9-11,15H2,1H3. The van der Waals surface area contributed by atoms with Crippen molar-refractivity contribution in [3.8, 4) is 11.1 Å². The summed E-state index contributed by atoms with van der Waals surface area (Å²) in [5.74, 6) is -1.47. The quantitative estimate of drug-likeness (QED) is 0.503. The van der Waals surface area contributed by atoms with Gasteiger partial charge in [-0.2, -0.15) is 0 Å². The van der Waals surface area contributed by atoms with Crippen molar-refractivity contribution in [2.24, 2.45) is 5.92 Å². The van der Waals surface area contributed by atoms with Crippen LogP contribution >= 0.6 is 0 Å². The topological polar surface area (TPSA) is 66.3 Å². The van der Waals surface area contributed by atoms with Crippen molar-refractivity contribution in [1.82, 2.24) is 9.97 Å². The van der Waals surface area contributed by atoms with Gasteiger partial charge in [-0.05, 0) is 43.4 Å². The van der Waals surface area contributed by atoms with Crippen molar-refractivity contribution in [2.75, 3.05) is 18.1 Å². The van der Waals surface area contributed by atoms with Gasteiger partial charge >= 0.3 is 0 Å². The van der Waals surface area contributed by atoms with Crippen LogP contribution < -0.4 is 4.90 Å². The maximum atomic E-state index is 14.2. The van der Waals surface area contributed by atoms with Gasteiger partial charge in [0.05, 0.1) is 0 Å². The van der Waals surface area contributed by atoms with Crippen molar-refractivity contribution in [3.63, 3.8) is 0 Å². The summed E-state index contributed by atoms with van der Waals surface area (Å²) < 4.78 is 27.8. The largest absolute Gasteiger partial charge is 0.396 e. The third-order valence-electron chi connectivity index (χ3n) is 6.84. The maximum absolute atomic E-state index is 14.2. The summed E-state index contributed by atoms with van der Waals surface area (Å²) in [5.41, 5.74) is 3.35. The number of halogens is 2. The van der Waals surface area contributed by atoms with E-state index in [1.807, 2.05) is 30.0 Å². The molecule has 1 aromatic heterocycles. The monoisotopic (exact) mass is 449 g/mol. The Morgan fingerprint density at radius 3 is 2.64 bits per heavy atom. The molecule has 33 heavy (non-hydrogen) atoms. The Morgan fingerprint density at radius 2 is 1.94 bits per heavy atom. The lowest BCUT2D eigenvalue weighted by atomic mass is 9.92. The minimum atomic E-state index is -0.921. The van der Waals surface area contributed by atoms with Crippen LogP contribution in [0.1, 0.15) is 48.5 Å². The predicted octanol–water partition coefficient (Wildman–Crippen LogP) is 5.20. The van der Waals surface area contributed by atoms with Gasteiger partial charge in [0.2, 0.25) is 5.95 Å². The Morgan fingerprint density at radius 1 is 1.18 bits per heavy atom. The molecule has 7 heteroatoms. The van der Waals surface area contributed by atoms with E-state index in [1.165, 1.54) is 30.1 Å². The van der Waals surface area contributed by atoms with E-state index < -0.39 is 11.6 Å². The molecule has 5 nitrogen and oxygen atoms in total. The molecule has 2 heterocycles. The van der Waals surface area contributed by atoms with Gasteiger partial charge in [-0.25, -0.2) is 18.7 Å². The molecule has 1 aliphatic heterocycles. The molecule has 1 fully saturated rings. The van der Waals surface area contributed by atoms with E-state index in [2.05, 4.69) is 9.97 Å². The zero-order valence-electron chi connectivity index (χ0n) is 18.4. The van der Waals surface area contributed by atoms with Crippen LogP contribution in [0.15, 0.2) is 48.8 Å². The number of nitrogens with zero attached hydrogens (tertiary/aromatic N) is 3. The van der Waals surface area contributed by atoms with Crippen LogP contribution in [0.25, 0.3) is 11.1 Å². The Bertz CT molecular complexity index is 1210. The Kier molecular flexibility index (Phi) is 5.44. The second-order valence-electron chi connectivity index (χ2n) is 9.10. The summed E-state index contributed by atoms with van der Waals surface area (Å²) >= 11 is 0. The van der Waals surface area contributed by atoms with E-state index in [0.29, 0.717) is 29.9 Å². The number of rotatable bonds is 7. The van der Waals surface area contributed by atoms with Gasteiger partial charge in [0.25, 0.3) is 0 Å². The number of hydrogen-bond donors (Lipinski definition) is 1. The second-order valence-corrected chi connectivity index (χ2v) is 9.10. The van der Waals surface area contributed by atoms with Crippen LogP contribution in [0, 0.1) is 17.6 Å². The number of Topliss-reactive ketones (excluding diaryl/α,β-unsaturated/α-hetero) is 1. The summed E-state index contributed by atoms with van der Waals surface area (Å²) in [6, 6.07) is 9.89. The van der Waals surface area contributed by atoms with Crippen molar-refractivity contribution >= 4 is 17.4 Å². The fourth-order valence-electron chi connectivity index (χ4n) is 4.73. The molecule has 1 saturated carbocycles. The van der Waals surface area contributed by atoms with Gasteiger partial charge < -0.3 is 10.0 Å². The number of hydrogen-bond acceptors (Lipinski definition) is 5. The molecule has 0 amide bonds. The smallest absolute Gasteiger partial charge is 0.229 e. The van der Waals surface area contributed by atoms with Crippen LogP contribution in [0.5, 0.6) is 0 Å². The molecular formula is C26H25F2N3O2. The Balaban J connectivity index is 1.46. The van der Waals surface area contributed by atoms with Crippen LogP contribution in [-0.2, 0) is 5.41 Å². The minimum Gasteiger partial charge on any atom is -0.396 e. The van der Waals surface area contributed by atoms with Crippen molar-refractivity contribution < 1.29 is 18.7 Å². The number of aliphatic hydroxyl groups is 1. The van der Waals surface area contributed by atoms with E-state index >= 15 is 0 Å². The van der Waals surface area contributed by atoms with E-state index in [9.17, 15) is 13.6 Å². The van der Waals surface area contributed by atoms with Crippen molar-refractivity contribution in [1.29, 1.82) is 0 Å². The van der Waals surface area contributed by atoms with Gasteiger partial charge in [-0.1, -0.05) is 31.2 Å². The molecular weight excluding hydrogens is 424 g/mol. The first-order valence-corrected chi connectivity index (χ1v) is 11.3. The van der Waals surface area contributed by atoms with Gasteiger partial charge in [-0.15, -0.1) is 0 Å². The molecule has 0 radical (unpaired) electrons. The fraction of sp³-hybridized carbons (Fsp3) is 0.346. The normalized spacial score (nSPS) is 16.7. The van der Waals surface area contributed by atoms with E-state index in [0.717, 1.165) is 31.1 Å². The molecule has 2 aliphatic rings. The van der Waals surface area contributed by atoms with Crippen LogP contribution in [-0.4, -0.2) is 34.0 Å². The number of anilines is 2. The average molecular weight is 450 g/mol. The summed E-state index contributed by atoms with van der Waals surface area (Å²) in [7, 11) is 0. The van der Waals surface area contributed by atoms with Gasteiger partial charge in [0, 0.05) is 59.3 Å². The van der Waals surface area contributed by atoms with Crippen molar-refractivity contribution in [3.05, 3.63) is 71.6 Å². The zero-order chi connectivity index (χ0) is 23.2. The van der Waals surface area contributed by atoms with Crippen LogP contribution in [0.4, 0.5) is 20.4 Å². The number of carbonyl (C=O) groups excluding carboxylic acids is 1. The number of carbonyl (C=O) groups is 1. The van der Waals surface area contributed by atoms with Crippen LogP contribution in [0.2, 0.25) is 0 Å². The number of ketones is 1. The second kappa shape index (κ2) is 8.30. The Labute approximate surface area is 191 Å². The first kappa shape index (κ1) is 21.6. The number of fused-ring (bicyclic) bond motifs is 2. The van der Waals surface area contributed by atoms with Gasteiger partial charge in [0.15, 0.2) is 17.4 Å². The lowest BCUT2D eigenvalue weighted by Crippen LogP contribution is -2.21. The van der Waals surface area contributed by atoms with Gasteiger partial charge in [0.1, 0.15) is 0 Å². The maximum Gasteiger partial charge on any atom is 0.229 e. The average Bonchev–Trinajstić information content (AvgIpc) is 3.55. The molecule has 1 N–H and O–H groups in total. The van der Waals surface area contributed by atoms with Crippen molar-refractivity contribution in [2.45, 2.75) is 38.0 Å². The molecule has 170 valence electrons. The Hall–Kier alpha value is -3.19. The molecule has 1 unspecified atom stereocenters. The molecule has 0 bridgehead atoms. The number of aromatic nitrogens is 2. The van der Waals surface area contributed by atoms with Gasteiger partial charge in [-0.3, -0.25) is 4.79 Å². The lowest BCUT2D eigenvalue weighted by molar-refractivity contribution is 0.0919. The molecule has 1 aliphatic carbocycles. The molecule has 5 rings (SSSR count). The first-order valence-electron chi connectivity index (χ1n) is 11.3. The summed E-state index contributed by atoms with van der Waals surface area (Å²) in [4.78, 5) is 23.9. The first-order chi connectivity index (χ1) is 15.9. The summed E-state index contributed by atoms with van der Waals surface area (Å²) in [6.45, 7) is 2.69. The highest BCUT2D eigenvalue weighted by atomic mass is 19.2. The summed E-state index contributed by atoms with van der Waals surface area (Å²) in [6.07, 6.45) is 6.39. The third kappa shape index (κ3) is 3.80. The molecule has 1 spiro atoms. The number of aliphatic hydroxyl groups excluding tert-OH is 1. The third-order valence-corrected chi connectivity index (χ3v) is 6.84. The molecule has 0 saturated heterocycles. The molecule has 1 atom stereocenters. The highest BCUT2D eigenvalue weighted by molar-refractivity contribution is 5.99.